The lowest BCUT2D eigenvalue weighted by atomic mass is 10.1. The molecule has 17 heavy (non-hydrogen) atoms. The lowest BCUT2D eigenvalue weighted by Gasteiger charge is -2.25. The Balaban J connectivity index is 2.51. The van der Waals surface area contributed by atoms with Crippen molar-refractivity contribution in [1.82, 2.24) is 0 Å². The molecule has 0 fully saturated rings. The second-order valence-corrected chi connectivity index (χ2v) is 4.04. The highest BCUT2D eigenvalue weighted by Gasteiger charge is 2.12. The number of anilines is 2. The van der Waals surface area contributed by atoms with Crippen molar-refractivity contribution in [2.75, 3.05) is 4.90 Å². The summed E-state index contributed by atoms with van der Waals surface area (Å²) in [5, 5.41) is 7.95. The minimum Gasteiger partial charge on any atom is -0.299 e. The Morgan fingerprint density at radius 2 is 1.53 bits per heavy atom. The van der Waals surface area contributed by atoms with Gasteiger partial charge in [-0.1, -0.05) is 36.4 Å². The van der Waals surface area contributed by atoms with E-state index in [-0.39, 0.29) is 0 Å². The van der Waals surface area contributed by atoms with Gasteiger partial charge in [-0.05, 0) is 37.6 Å². The number of hydrogen-bond acceptors (Lipinski definition) is 1. The van der Waals surface area contributed by atoms with Crippen LogP contribution in [-0.2, 0) is 0 Å². The van der Waals surface area contributed by atoms with Gasteiger partial charge in [0.15, 0.2) is 0 Å². The van der Waals surface area contributed by atoms with E-state index in [1.165, 1.54) is 5.56 Å². The SMILES string of the molecule is CC(=N)N(c1ccccc1)c1ccccc1C. The number of nitrogens with zero attached hydrogens (tertiary/aromatic N) is 1. The summed E-state index contributed by atoms with van der Waals surface area (Å²) < 4.78 is 0. The number of benzene rings is 2. The topological polar surface area (TPSA) is 27.1 Å². The van der Waals surface area contributed by atoms with Crippen molar-refractivity contribution in [3.8, 4) is 0 Å². The fourth-order valence-electron chi connectivity index (χ4n) is 1.90. The standard InChI is InChI=1S/C15H16N2/c1-12-8-6-7-11-15(12)17(13(2)16)14-9-4-3-5-10-14/h3-11,16H,1-2H3. The predicted octanol–water partition coefficient (Wildman–Crippen LogP) is 4.13. The van der Waals surface area contributed by atoms with E-state index in [1.807, 2.05) is 53.4 Å². The molecule has 0 unspecified atom stereocenters. The molecule has 0 spiro atoms. The molecular weight excluding hydrogens is 208 g/mol. The molecule has 0 saturated heterocycles. The molecule has 1 N–H and O–H groups in total. The molecule has 0 amide bonds. The lowest BCUT2D eigenvalue weighted by molar-refractivity contribution is 1.25. The number of hydrogen-bond donors (Lipinski definition) is 1. The number of nitrogens with one attached hydrogen (secondary N) is 1. The van der Waals surface area contributed by atoms with Crippen LogP contribution in [0.3, 0.4) is 0 Å². The van der Waals surface area contributed by atoms with E-state index in [9.17, 15) is 0 Å². The fraction of sp³-hybridized carbons (Fsp3) is 0.133. The number of amidine groups is 1. The van der Waals surface area contributed by atoms with E-state index >= 15 is 0 Å². The van der Waals surface area contributed by atoms with Crippen LogP contribution in [0.25, 0.3) is 0 Å². The maximum atomic E-state index is 7.95. The first-order chi connectivity index (χ1) is 8.20. The van der Waals surface area contributed by atoms with Crippen molar-refractivity contribution >= 4 is 17.2 Å². The normalized spacial score (nSPS) is 10.0. The van der Waals surface area contributed by atoms with Crippen LogP contribution < -0.4 is 4.90 Å². The average molecular weight is 224 g/mol. The quantitative estimate of drug-likeness (QED) is 0.602. The van der Waals surface area contributed by atoms with Crippen molar-refractivity contribution in [3.63, 3.8) is 0 Å². The Morgan fingerprint density at radius 1 is 0.941 bits per heavy atom. The molecule has 2 heteroatoms. The van der Waals surface area contributed by atoms with Crippen LogP contribution in [0.2, 0.25) is 0 Å². The zero-order chi connectivity index (χ0) is 12.3. The third-order valence-electron chi connectivity index (χ3n) is 2.71. The first-order valence-electron chi connectivity index (χ1n) is 5.66. The van der Waals surface area contributed by atoms with Gasteiger partial charge in [0, 0.05) is 5.69 Å². The van der Waals surface area contributed by atoms with E-state index in [2.05, 4.69) is 13.0 Å². The summed E-state index contributed by atoms with van der Waals surface area (Å²) in [5.74, 6) is 0.519. The highest BCUT2D eigenvalue weighted by atomic mass is 15.2. The second-order valence-electron chi connectivity index (χ2n) is 4.04. The minimum atomic E-state index is 0.519. The zero-order valence-electron chi connectivity index (χ0n) is 10.1. The van der Waals surface area contributed by atoms with Gasteiger partial charge in [-0.2, -0.15) is 0 Å². The second kappa shape index (κ2) is 4.83. The number of rotatable bonds is 2. The van der Waals surface area contributed by atoms with Crippen LogP contribution in [0.15, 0.2) is 54.6 Å². The first-order valence-corrected chi connectivity index (χ1v) is 5.66. The first kappa shape index (κ1) is 11.4. The van der Waals surface area contributed by atoms with Crippen molar-refractivity contribution in [2.45, 2.75) is 13.8 Å². The molecule has 2 rings (SSSR count). The Hall–Kier alpha value is -2.09. The summed E-state index contributed by atoms with van der Waals surface area (Å²) in [6.45, 7) is 3.87. The van der Waals surface area contributed by atoms with Crippen LogP contribution in [-0.4, -0.2) is 5.84 Å². The maximum Gasteiger partial charge on any atom is 0.102 e. The molecule has 0 bridgehead atoms. The van der Waals surface area contributed by atoms with E-state index < -0.39 is 0 Å². The van der Waals surface area contributed by atoms with Gasteiger partial charge >= 0.3 is 0 Å². The molecule has 0 aromatic heterocycles. The molecule has 0 aliphatic heterocycles. The molecule has 0 heterocycles. The van der Waals surface area contributed by atoms with Gasteiger partial charge in [0.25, 0.3) is 0 Å². The van der Waals surface area contributed by atoms with E-state index in [4.69, 9.17) is 5.41 Å². The number of aryl methyl sites for hydroxylation is 1. The van der Waals surface area contributed by atoms with Crippen LogP contribution in [0.5, 0.6) is 0 Å². The van der Waals surface area contributed by atoms with Crippen LogP contribution in [0.1, 0.15) is 12.5 Å². The summed E-state index contributed by atoms with van der Waals surface area (Å²) in [6.07, 6.45) is 0. The smallest absolute Gasteiger partial charge is 0.102 e. The molecular formula is C15H16N2. The van der Waals surface area contributed by atoms with Gasteiger partial charge in [0.2, 0.25) is 0 Å². The molecule has 0 aliphatic rings. The van der Waals surface area contributed by atoms with Crippen molar-refractivity contribution in [3.05, 3.63) is 60.2 Å². The van der Waals surface area contributed by atoms with Crippen molar-refractivity contribution in [2.24, 2.45) is 0 Å². The third-order valence-corrected chi connectivity index (χ3v) is 2.71. The average Bonchev–Trinajstić information content (AvgIpc) is 2.33. The molecule has 2 aromatic rings. The molecule has 0 atom stereocenters. The number of para-hydroxylation sites is 2. The van der Waals surface area contributed by atoms with Gasteiger partial charge in [-0.25, -0.2) is 0 Å². The van der Waals surface area contributed by atoms with Gasteiger partial charge in [0.1, 0.15) is 5.84 Å². The summed E-state index contributed by atoms with van der Waals surface area (Å²) >= 11 is 0. The Bertz CT molecular complexity index is 517. The van der Waals surface area contributed by atoms with Gasteiger partial charge < -0.3 is 0 Å². The Kier molecular flexibility index (Phi) is 3.24. The highest BCUT2D eigenvalue weighted by Crippen LogP contribution is 2.28. The van der Waals surface area contributed by atoms with E-state index in [0.29, 0.717) is 5.84 Å². The Labute approximate surface area is 102 Å². The van der Waals surface area contributed by atoms with E-state index in [0.717, 1.165) is 11.4 Å². The molecule has 0 aliphatic carbocycles. The minimum absolute atomic E-state index is 0.519. The molecule has 2 aromatic carbocycles. The monoisotopic (exact) mass is 224 g/mol. The third kappa shape index (κ3) is 2.36. The van der Waals surface area contributed by atoms with E-state index in [1.54, 1.807) is 6.92 Å². The summed E-state index contributed by atoms with van der Waals surface area (Å²) in [4.78, 5) is 1.95. The Morgan fingerprint density at radius 3 is 2.12 bits per heavy atom. The van der Waals surface area contributed by atoms with Crippen LogP contribution in [0.4, 0.5) is 11.4 Å². The molecule has 0 radical (unpaired) electrons. The van der Waals surface area contributed by atoms with Crippen molar-refractivity contribution in [1.29, 1.82) is 5.41 Å². The van der Waals surface area contributed by atoms with Crippen LogP contribution >= 0.6 is 0 Å². The fourth-order valence-corrected chi connectivity index (χ4v) is 1.90. The summed E-state index contributed by atoms with van der Waals surface area (Å²) in [5.41, 5.74) is 3.25. The largest absolute Gasteiger partial charge is 0.299 e. The summed E-state index contributed by atoms with van der Waals surface area (Å²) in [7, 11) is 0. The van der Waals surface area contributed by atoms with Gasteiger partial charge in [-0.3, -0.25) is 10.3 Å². The zero-order valence-corrected chi connectivity index (χ0v) is 10.1. The van der Waals surface area contributed by atoms with Gasteiger partial charge in [-0.15, -0.1) is 0 Å². The summed E-state index contributed by atoms with van der Waals surface area (Å²) in [6, 6.07) is 18.1. The van der Waals surface area contributed by atoms with Gasteiger partial charge in [0.05, 0.1) is 5.69 Å². The van der Waals surface area contributed by atoms with Crippen LogP contribution in [0, 0.1) is 12.3 Å². The highest BCUT2D eigenvalue weighted by molar-refractivity contribution is 6.01. The predicted molar refractivity (Wildman–Crippen MR) is 73.2 cm³/mol. The lowest BCUT2D eigenvalue weighted by Crippen LogP contribution is -2.22. The maximum absolute atomic E-state index is 7.95. The molecule has 0 saturated carbocycles. The molecule has 86 valence electrons. The molecule has 2 nitrogen and oxygen atoms in total. The van der Waals surface area contributed by atoms with Crippen molar-refractivity contribution < 1.29 is 0 Å².